The molecule has 72 valence electrons. The van der Waals surface area contributed by atoms with E-state index in [9.17, 15) is 4.79 Å². The van der Waals surface area contributed by atoms with Crippen LogP contribution in [0.4, 0.5) is 0 Å². The highest BCUT2D eigenvalue weighted by atomic mass is 79.9. The van der Waals surface area contributed by atoms with Crippen molar-refractivity contribution >= 4 is 33.0 Å². The summed E-state index contributed by atoms with van der Waals surface area (Å²) in [5.74, 6) is -0.690. The highest BCUT2D eigenvalue weighted by Gasteiger charge is 2.16. The smallest absolute Gasteiger partial charge is 0.216 e. The Kier molecular flexibility index (Phi) is 3.44. The van der Waals surface area contributed by atoms with Crippen LogP contribution in [-0.2, 0) is 0 Å². The Hall–Kier alpha value is -1.12. The van der Waals surface area contributed by atoms with Crippen molar-refractivity contribution in [3.8, 4) is 6.07 Å². The number of ketones is 1. The first-order valence-corrected chi connectivity index (χ1v) is 5.27. The molecule has 0 aliphatic rings. The standard InChI is InChI=1S/C9H6BrNO2S/c1-5(12)6(4-11)9(13)7-2-3-8(10)14-7/h2-3,12H,1H3. The Morgan fingerprint density at radius 3 is 2.64 bits per heavy atom. The molecule has 0 bridgehead atoms. The topological polar surface area (TPSA) is 61.1 Å². The Balaban J connectivity index is 3.09. The van der Waals surface area contributed by atoms with E-state index < -0.39 is 5.78 Å². The summed E-state index contributed by atoms with van der Waals surface area (Å²) in [4.78, 5) is 12.0. The molecule has 14 heavy (non-hydrogen) atoms. The van der Waals surface area contributed by atoms with E-state index in [4.69, 9.17) is 10.4 Å². The van der Waals surface area contributed by atoms with Crippen LogP contribution < -0.4 is 0 Å². The summed E-state index contributed by atoms with van der Waals surface area (Å²) in [6.45, 7) is 1.32. The number of rotatable bonds is 2. The van der Waals surface area contributed by atoms with Crippen molar-refractivity contribution in [3.05, 3.63) is 32.1 Å². The normalized spacial score (nSPS) is 11.8. The lowest BCUT2D eigenvalue weighted by Gasteiger charge is -1.95. The van der Waals surface area contributed by atoms with Gasteiger partial charge in [0.2, 0.25) is 5.78 Å². The van der Waals surface area contributed by atoms with Gasteiger partial charge >= 0.3 is 0 Å². The van der Waals surface area contributed by atoms with Crippen molar-refractivity contribution in [1.29, 1.82) is 5.26 Å². The van der Waals surface area contributed by atoms with Crippen LogP contribution in [0, 0.1) is 11.3 Å². The summed E-state index contributed by atoms with van der Waals surface area (Å²) in [5.41, 5.74) is -0.209. The van der Waals surface area contributed by atoms with Crippen LogP contribution in [0.3, 0.4) is 0 Å². The molecule has 0 aliphatic carbocycles. The van der Waals surface area contributed by atoms with Crippen molar-refractivity contribution < 1.29 is 9.90 Å². The van der Waals surface area contributed by atoms with Crippen LogP contribution in [0.2, 0.25) is 0 Å². The van der Waals surface area contributed by atoms with E-state index in [1.165, 1.54) is 18.3 Å². The van der Waals surface area contributed by atoms with Crippen molar-refractivity contribution in [2.24, 2.45) is 0 Å². The number of hydrogen-bond acceptors (Lipinski definition) is 4. The van der Waals surface area contributed by atoms with Gasteiger partial charge in [0.05, 0.1) is 8.66 Å². The van der Waals surface area contributed by atoms with Crippen LogP contribution in [0.5, 0.6) is 0 Å². The number of aliphatic hydroxyl groups is 1. The van der Waals surface area contributed by atoms with E-state index >= 15 is 0 Å². The van der Waals surface area contributed by atoms with Gasteiger partial charge < -0.3 is 5.11 Å². The third kappa shape index (κ3) is 2.22. The van der Waals surface area contributed by atoms with Gasteiger partial charge in [0.1, 0.15) is 17.4 Å². The fourth-order valence-corrected chi connectivity index (χ4v) is 2.19. The molecule has 1 heterocycles. The molecule has 0 aliphatic heterocycles. The van der Waals surface area contributed by atoms with Crippen molar-refractivity contribution in [1.82, 2.24) is 0 Å². The van der Waals surface area contributed by atoms with Gasteiger partial charge in [-0.15, -0.1) is 11.3 Å². The number of nitriles is 1. The fourth-order valence-electron chi connectivity index (χ4n) is 0.856. The first-order valence-electron chi connectivity index (χ1n) is 3.66. The van der Waals surface area contributed by atoms with Gasteiger partial charge in [0.25, 0.3) is 0 Å². The van der Waals surface area contributed by atoms with Crippen LogP contribution in [0.1, 0.15) is 16.6 Å². The highest BCUT2D eigenvalue weighted by molar-refractivity contribution is 9.11. The number of aliphatic hydroxyl groups excluding tert-OH is 1. The molecule has 0 amide bonds. The molecule has 0 aromatic carbocycles. The second-order valence-corrected chi connectivity index (χ2v) is 4.97. The van der Waals surface area contributed by atoms with Crippen LogP contribution in [0.15, 0.2) is 27.3 Å². The van der Waals surface area contributed by atoms with Crippen molar-refractivity contribution in [2.75, 3.05) is 0 Å². The Labute approximate surface area is 93.4 Å². The number of carbonyl (C=O) groups excluding carboxylic acids is 1. The lowest BCUT2D eigenvalue weighted by atomic mass is 10.1. The molecule has 0 spiro atoms. The van der Waals surface area contributed by atoms with E-state index in [-0.39, 0.29) is 11.3 Å². The zero-order valence-electron chi connectivity index (χ0n) is 7.24. The molecule has 0 saturated carbocycles. The van der Waals surface area contributed by atoms with E-state index in [0.717, 1.165) is 3.79 Å². The van der Waals surface area contributed by atoms with Gasteiger partial charge in [-0.2, -0.15) is 5.26 Å². The van der Waals surface area contributed by atoms with Gasteiger partial charge in [-0.1, -0.05) is 0 Å². The van der Waals surface area contributed by atoms with Gasteiger partial charge in [-0.3, -0.25) is 4.79 Å². The Morgan fingerprint density at radius 1 is 1.64 bits per heavy atom. The van der Waals surface area contributed by atoms with E-state index in [2.05, 4.69) is 15.9 Å². The summed E-state index contributed by atoms with van der Waals surface area (Å²) in [5, 5.41) is 17.7. The lowest BCUT2D eigenvalue weighted by Crippen LogP contribution is -2.01. The molecule has 5 heteroatoms. The Morgan fingerprint density at radius 2 is 2.29 bits per heavy atom. The maximum absolute atomic E-state index is 11.6. The van der Waals surface area contributed by atoms with E-state index in [1.807, 2.05) is 0 Å². The molecule has 1 aromatic heterocycles. The third-order valence-electron chi connectivity index (χ3n) is 1.50. The SMILES string of the molecule is CC(O)=C(C#N)C(=O)c1ccc(Br)s1. The quantitative estimate of drug-likeness (QED) is 0.389. The predicted octanol–water partition coefficient (Wildman–Crippen LogP) is 3.05. The molecule has 0 radical (unpaired) electrons. The average Bonchev–Trinajstić information content (AvgIpc) is 2.52. The summed E-state index contributed by atoms with van der Waals surface area (Å²) in [6, 6.07) is 5.01. The average molecular weight is 272 g/mol. The highest BCUT2D eigenvalue weighted by Crippen LogP contribution is 2.24. The molecule has 1 N–H and O–H groups in total. The molecule has 0 fully saturated rings. The number of allylic oxidation sites excluding steroid dienone is 2. The molecule has 3 nitrogen and oxygen atoms in total. The molecular formula is C9H6BrNO2S. The number of thiophene rings is 1. The number of nitrogens with zero attached hydrogens (tertiary/aromatic N) is 1. The van der Waals surface area contributed by atoms with Crippen LogP contribution >= 0.6 is 27.3 Å². The third-order valence-corrected chi connectivity index (χ3v) is 3.12. The second-order valence-electron chi connectivity index (χ2n) is 2.51. The van der Waals surface area contributed by atoms with Crippen molar-refractivity contribution in [3.63, 3.8) is 0 Å². The van der Waals surface area contributed by atoms with E-state index in [0.29, 0.717) is 4.88 Å². The number of carbonyl (C=O) groups is 1. The molecule has 0 atom stereocenters. The predicted molar refractivity (Wildman–Crippen MR) is 57.3 cm³/mol. The molecule has 1 aromatic rings. The lowest BCUT2D eigenvalue weighted by molar-refractivity contribution is 0.103. The zero-order valence-corrected chi connectivity index (χ0v) is 9.65. The number of halogens is 1. The minimum Gasteiger partial charge on any atom is -0.511 e. The first kappa shape index (κ1) is 11.0. The summed E-state index contributed by atoms with van der Waals surface area (Å²) >= 11 is 4.44. The summed E-state index contributed by atoms with van der Waals surface area (Å²) in [7, 11) is 0. The summed E-state index contributed by atoms with van der Waals surface area (Å²) in [6.07, 6.45) is 0. The van der Waals surface area contributed by atoms with Gasteiger partial charge in [-0.25, -0.2) is 0 Å². The largest absolute Gasteiger partial charge is 0.511 e. The van der Waals surface area contributed by atoms with Crippen LogP contribution in [0.25, 0.3) is 0 Å². The van der Waals surface area contributed by atoms with E-state index in [1.54, 1.807) is 18.2 Å². The summed E-state index contributed by atoms with van der Waals surface area (Å²) < 4.78 is 0.814. The minimum absolute atomic E-state index is 0.209. The molecular weight excluding hydrogens is 266 g/mol. The Bertz CT molecular complexity index is 438. The first-order chi connectivity index (χ1) is 6.56. The zero-order chi connectivity index (χ0) is 10.7. The molecule has 0 saturated heterocycles. The van der Waals surface area contributed by atoms with Gasteiger partial charge in [0.15, 0.2) is 0 Å². The van der Waals surface area contributed by atoms with Crippen LogP contribution in [-0.4, -0.2) is 10.9 Å². The fraction of sp³-hybridized carbons (Fsp3) is 0.111. The maximum atomic E-state index is 11.6. The van der Waals surface area contributed by atoms with Gasteiger partial charge in [0, 0.05) is 0 Å². The second kappa shape index (κ2) is 4.40. The molecule has 0 unspecified atom stereocenters. The van der Waals surface area contributed by atoms with Gasteiger partial charge in [-0.05, 0) is 35.0 Å². The number of Topliss-reactive ketones (excluding diaryl/α,β-unsaturated/α-hetero) is 1. The maximum Gasteiger partial charge on any atom is 0.216 e. The minimum atomic E-state index is -0.441. The molecule has 1 rings (SSSR count). The van der Waals surface area contributed by atoms with Crippen molar-refractivity contribution in [2.45, 2.75) is 6.92 Å². The monoisotopic (exact) mass is 271 g/mol. The number of hydrogen-bond donors (Lipinski definition) is 1.